The maximum Gasteiger partial charge on any atom is 0.257 e. The molecule has 0 aliphatic heterocycles. The lowest BCUT2D eigenvalue weighted by molar-refractivity contribution is 0.102. The fourth-order valence-corrected chi connectivity index (χ4v) is 2.60. The molecule has 2 N–H and O–H groups in total. The van der Waals surface area contributed by atoms with Gasteiger partial charge in [0.15, 0.2) is 0 Å². The van der Waals surface area contributed by atoms with Crippen LogP contribution in [0, 0.1) is 6.92 Å². The van der Waals surface area contributed by atoms with Gasteiger partial charge in [-0.1, -0.05) is 18.2 Å². The Balaban J connectivity index is 1.70. The second kappa shape index (κ2) is 8.36. The van der Waals surface area contributed by atoms with Crippen LogP contribution in [-0.2, 0) is 0 Å². The zero-order valence-corrected chi connectivity index (χ0v) is 15.7. The molecule has 0 atom stereocenters. The number of aryl methyl sites for hydroxylation is 1. The topological polar surface area (TPSA) is 63.2 Å². The smallest absolute Gasteiger partial charge is 0.257 e. The second-order valence-electron chi connectivity index (χ2n) is 6.55. The highest BCUT2D eigenvalue weighted by Gasteiger charge is 2.09. The molecule has 3 rings (SSSR count). The van der Waals surface area contributed by atoms with Crippen molar-refractivity contribution in [1.29, 1.82) is 0 Å². The molecule has 0 fully saturated rings. The standard InChI is InChI=1S/C22H23N3O2/c1-15(2)27-20-10-8-18(9-11-20)24-19-12-17(13-23-14-19)22(26)25-21-7-5-4-6-16(21)3/h4-15,24H,1-3H3,(H,25,26). The summed E-state index contributed by atoms with van der Waals surface area (Å²) in [6.45, 7) is 5.94. The van der Waals surface area contributed by atoms with E-state index in [2.05, 4.69) is 15.6 Å². The Morgan fingerprint density at radius 2 is 1.74 bits per heavy atom. The van der Waals surface area contributed by atoms with Crippen LogP contribution in [0.25, 0.3) is 0 Å². The molecule has 3 aromatic rings. The average Bonchev–Trinajstić information content (AvgIpc) is 2.65. The number of benzene rings is 2. The largest absolute Gasteiger partial charge is 0.491 e. The summed E-state index contributed by atoms with van der Waals surface area (Å²) in [4.78, 5) is 16.7. The van der Waals surface area contributed by atoms with E-state index in [1.165, 1.54) is 0 Å². The van der Waals surface area contributed by atoms with Crippen molar-refractivity contribution in [3.8, 4) is 5.75 Å². The van der Waals surface area contributed by atoms with Gasteiger partial charge in [0, 0.05) is 17.6 Å². The van der Waals surface area contributed by atoms with Crippen molar-refractivity contribution in [2.45, 2.75) is 26.9 Å². The van der Waals surface area contributed by atoms with Crippen molar-refractivity contribution >= 4 is 23.0 Å². The summed E-state index contributed by atoms with van der Waals surface area (Å²) in [5.74, 6) is 0.626. The lowest BCUT2D eigenvalue weighted by atomic mass is 10.2. The Morgan fingerprint density at radius 1 is 1.00 bits per heavy atom. The van der Waals surface area contributed by atoms with Gasteiger partial charge in [-0.25, -0.2) is 0 Å². The number of aromatic nitrogens is 1. The second-order valence-corrected chi connectivity index (χ2v) is 6.55. The number of carbonyl (C=O) groups is 1. The van der Waals surface area contributed by atoms with E-state index in [0.29, 0.717) is 5.56 Å². The number of amides is 1. The third-order valence-electron chi connectivity index (χ3n) is 3.91. The predicted octanol–water partition coefficient (Wildman–Crippen LogP) is 5.17. The molecule has 5 heteroatoms. The molecule has 0 spiro atoms. The number of nitrogens with one attached hydrogen (secondary N) is 2. The highest BCUT2D eigenvalue weighted by atomic mass is 16.5. The number of para-hydroxylation sites is 1. The Bertz CT molecular complexity index is 921. The fourth-order valence-electron chi connectivity index (χ4n) is 2.60. The summed E-state index contributed by atoms with van der Waals surface area (Å²) in [6.07, 6.45) is 3.37. The monoisotopic (exact) mass is 361 g/mol. The zero-order valence-electron chi connectivity index (χ0n) is 15.7. The number of pyridine rings is 1. The van der Waals surface area contributed by atoms with E-state index >= 15 is 0 Å². The molecule has 138 valence electrons. The quantitative estimate of drug-likeness (QED) is 0.635. The molecular formula is C22H23N3O2. The van der Waals surface area contributed by atoms with E-state index in [0.717, 1.165) is 28.4 Å². The molecule has 0 aliphatic rings. The molecule has 1 heterocycles. The maximum atomic E-state index is 12.5. The van der Waals surface area contributed by atoms with Gasteiger partial charge in [-0.15, -0.1) is 0 Å². The SMILES string of the molecule is Cc1ccccc1NC(=O)c1cncc(Nc2ccc(OC(C)C)cc2)c1. The molecular weight excluding hydrogens is 338 g/mol. The van der Waals surface area contributed by atoms with E-state index in [1.807, 2.05) is 69.3 Å². The van der Waals surface area contributed by atoms with Crippen LogP contribution in [0.4, 0.5) is 17.1 Å². The first-order valence-corrected chi connectivity index (χ1v) is 8.87. The van der Waals surface area contributed by atoms with E-state index in [1.54, 1.807) is 18.5 Å². The van der Waals surface area contributed by atoms with E-state index < -0.39 is 0 Å². The van der Waals surface area contributed by atoms with Gasteiger partial charge >= 0.3 is 0 Å². The van der Waals surface area contributed by atoms with Crippen molar-refractivity contribution in [2.75, 3.05) is 10.6 Å². The van der Waals surface area contributed by atoms with Crippen molar-refractivity contribution in [1.82, 2.24) is 4.98 Å². The number of hydrogen-bond acceptors (Lipinski definition) is 4. The number of hydrogen-bond donors (Lipinski definition) is 2. The molecule has 0 bridgehead atoms. The van der Waals surface area contributed by atoms with Crippen LogP contribution < -0.4 is 15.4 Å². The summed E-state index contributed by atoms with van der Waals surface area (Å²) in [7, 11) is 0. The fraction of sp³-hybridized carbons (Fsp3) is 0.182. The van der Waals surface area contributed by atoms with Crippen LogP contribution in [0.5, 0.6) is 5.75 Å². The van der Waals surface area contributed by atoms with Gasteiger partial charge in [-0.05, 0) is 62.7 Å². The molecule has 5 nitrogen and oxygen atoms in total. The van der Waals surface area contributed by atoms with E-state index in [9.17, 15) is 4.79 Å². The van der Waals surface area contributed by atoms with Crippen LogP contribution in [0.15, 0.2) is 67.0 Å². The lowest BCUT2D eigenvalue weighted by Gasteiger charge is -2.12. The molecule has 2 aromatic carbocycles. The summed E-state index contributed by atoms with van der Waals surface area (Å²) in [5.41, 5.74) is 3.93. The van der Waals surface area contributed by atoms with Crippen LogP contribution in [0.2, 0.25) is 0 Å². The number of ether oxygens (including phenoxy) is 1. The number of rotatable bonds is 6. The maximum absolute atomic E-state index is 12.5. The number of carbonyl (C=O) groups excluding carboxylic acids is 1. The zero-order chi connectivity index (χ0) is 19.2. The van der Waals surface area contributed by atoms with Crippen molar-refractivity contribution < 1.29 is 9.53 Å². The van der Waals surface area contributed by atoms with Crippen molar-refractivity contribution in [3.05, 3.63) is 78.1 Å². The Labute approximate surface area is 159 Å². The highest BCUT2D eigenvalue weighted by Crippen LogP contribution is 2.21. The lowest BCUT2D eigenvalue weighted by Crippen LogP contribution is -2.13. The summed E-state index contributed by atoms with van der Waals surface area (Å²) < 4.78 is 5.64. The average molecular weight is 361 g/mol. The highest BCUT2D eigenvalue weighted by molar-refractivity contribution is 6.05. The van der Waals surface area contributed by atoms with Gasteiger partial charge in [-0.3, -0.25) is 9.78 Å². The predicted molar refractivity (Wildman–Crippen MR) is 109 cm³/mol. The summed E-state index contributed by atoms with van der Waals surface area (Å²) in [6, 6.07) is 17.1. The minimum Gasteiger partial charge on any atom is -0.491 e. The Morgan fingerprint density at radius 3 is 2.44 bits per heavy atom. The van der Waals surface area contributed by atoms with Crippen LogP contribution in [0.3, 0.4) is 0 Å². The minimum atomic E-state index is -0.193. The molecule has 1 amide bonds. The third kappa shape index (κ3) is 5.07. The van der Waals surface area contributed by atoms with E-state index in [4.69, 9.17) is 4.74 Å². The van der Waals surface area contributed by atoms with Gasteiger partial charge < -0.3 is 15.4 Å². The van der Waals surface area contributed by atoms with Gasteiger partial charge in [0.2, 0.25) is 0 Å². The number of nitrogens with zero attached hydrogens (tertiary/aromatic N) is 1. The van der Waals surface area contributed by atoms with Gasteiger partial charge in [0.25, 0.3) is 5.91 Å². The molecule has 0 unspecified atom stereocenters. The first-order valence-electron chi connectivity index (χ1n) is 8.87. The molecule has 0 aliphatic carbocycles. The van der Waals surface area contributed by atoms with Crippen LogP contribution >= 0.6 is 0 Å². The third-order valence-corrected chi connectivity index (χ3v) is 3.91. The Hall–Kier alpha value is -3.34. The molecule has 27 heavy (non-hydrogen) atoms. The summed E-state index contributed by atoms with van der Waals surface area (Å²) >= 11 is 0. The Kier molecular flexibility index (Phi) is 5.71. The summed E-state index contributed by atoms with van der Waals surface area (Å²) in [5, 5.41) is 6.18. The van der Waals surface area contributed by atoms with Gasteiger partial charge in [0.05, 0.1) is 23.6 Å². The van der Waals surface area contributed by atoms with Gasteiger partial charge in [-0.2, -0.15) is 0 Å². The van der Waals surface area contributed by atoms with Crippen molar-refractivity contribution in [2.24, 2.45) is 0 Å². The molecule has 0 radical (unpaired) electrons. The van der Waals surface area contributed by atoms with Crippen LogP contribution in [0.1, 0.15) is 29.8 Å². The first-order chi connectivity index (χ1) is 13.0. The molecule has 1 aromatic heterocycles. The number of anilines is 3. The first kappa shape index (κ1) is 18.5. The van der Waals surface area contributed by atoms with Crippen LogP contribution in [-0.4, -0.2) is 17.0 Å². The van der Waals surface area contributed by atoms with Crippen molar-refractivity contribution in [3.63, 3.8) is 0 Å². The normalized spacial score (nSPS) is 10.5. The molecule has 0 saturated heterocycles. The van der Waals surface area contributed by atoms with Gasteiger partial charge in [0.1, 0.15) is 5.75 Å². The van der Waals surface area contributed by atoms with E-state index in [-0.39, 0.29) is 12.0 Å². The molecule has 0 saturated carbocycles. The minimum absolute atomic E-state index is 0.136.